The van der Waals surface area contributed by atoms with Crippen molar-refractivity contribution >= 4 is 5.96 Å². The first-order valence-corrected chi connectivity index (χ1v) is 3.25. The van der Waals surface area contributed by atoms with E-state index in [1.807, 2.05) is 19.3 Å². The third-order valence-electron chi connectivity index (χ3n) is 0.837. The maximum atomic E-state index is 9.90. The van der Waals surface area contributed by atoms with Gasteiger partial charge in [0.2, 0.25) is 0 Å². The summed E-state index contributed by atoms with van der Waals surface area (Å²) in [4.78, 5) is 13.6. The molecule has 0 radical (unpaired) electrons. The molecular weight excluding hydrogens is 148 g/mol. The number of rotatable bonds is 3. The Morgan fingerprint density at radius 3 is 2.73 bits per heavy atom. The summed E-state index contributed by atoms with van der Waals surface area (Å²) in [6.07, 6.45) is 0. The van der Waals surface area contributed by atoms with Crippen LogP contribution in [0.1, 0.15) is 13.8 Å². The topological polar surface area (TPSA) is 90.7 Å². The molecule has 0 aliphatic heterocycles. The minimum absolute atomic E-state index is 0.0869. The molecule has 6 heteroatoms. The van der Waals surface area contributed by atoms with Crippen LogP contribution >= 0.6 is 0 Å². The molecule has 0 fully saturated rings. The van der Waals surface area contributed by atoms with Gasteiger partial charge in [0.05, 0.1) is 0 Å². The van der Waals surface area contributed by atoms with Crippen molar-refractivity contribution in [3.63, 3.8) is 0 Å². The summed E-state index contributed by atoms with van der Waals surface area (Å²) in [5, 5.41) is 7.61. The van der Waals surface area contributed by atoms with Gasteiger partial charge in [0.15, 0.2) is 0 Å². The van der Waals surface area contributed by atoms with Crippen LogP contribution in [0, 0.1) is 10.8 Å². The van der Waals surface area contributed by atoms with Crippen LogP contribution < -0.4 is 11.2 Å². The quantitative estimate of drug-likeness (QED) is 0.299. The van der Waals surface area contributed by atoms with E-state index < -0.39 is 5.03 Å². The molecule has 0 aromatic rings. The normalized spacial score (nSPS) is 11.7. The van der Waals surface area contributed by atoms with Gasteiger partial charge in [-0.1, -0.05) is 13.8 Å². The standard InChI is InChI=1S/C5H13N4O2/c1-4(2)3-7-5(6)8-9(10)11/h4H,3H2,1-2H3,(H,10,11)(H3,6,7,8)/q+1. The van der Waals surface area contributed by atoms with Crippen LogP contribution in [0.25, 0.3) is 0 Å². The summed E-state index contributed by atoms with van der Waals surface area (Å²) in [5.41, 5.74) is 7.02. The van der Waals surface area contributed by atoms with E-state index in [1.54, 1.807) is 0 Å². The maximum absolute atomic E-state index is 9.90. The Morgan fingerprint density at radius 2 is 2.36 bits per heavy atom. The molecule has 64 valence electrons. The predicted molar refractivity (Wildman–Crippen MR) is 39.9 cm³/mol. The molecule has 0 spiro atoms. The lowest BCUT2D eigenvalue weighted by Crippen LogP contribution is -2.37. The molecule has 0 aromatic heterocycles. The number of nitrogens with two attached hydrogens (primary N) is 1. The SMILES string of the molecule is CC(C)CN=C(N)N[N+](=O)O. The van der Waals surface area contributed by atoms with E-state index in [0.717, 1.165) is 0 Å². The summed E-state index contributed by atoms with van der Waals surface area (Å²) < 4.78 is 0. The molecule has 0 unspecified atom stereocenters. The fraction of sp³-hybridized carbons (Fsp3) is 0.800. The molecule has 0 heterocycles. The highest BCUT2D eigenvalue weighted by molar-refractivity contribution is 5.76. The van der Waals surface area contributed by atoms with E-state index in [1.165, 1.54) is 0 Å². The number of hydrazine groups is 1. The number of hydrogen-bond donors (Lipinski definition) is 3. The van der Waals surface area contributed by atoms with Gasteiger partial charge in [0.1, 0.15) is 4.91 Å². The Labute approximate surface area is 64.6 Å². The van der Waals surface area contributed by atoms with Crippen LogP contribution in [0.3, 0.4) is 0 Å². The van der Waals surface area contributed by atoms with E-state index in [2.05, 4.69) is 4.99 Å². The largest absolute Gasteiger partial charge is 0.365 e. The molecule has 0 saturated heterocycles. The van der Waals surface area contributed by atoms with Crippen LogP contribution in [0.5, 0.6) is 0 Å². The van der Waals surface area contributed by atoms with Crippen molar-refractivity contribution in [1.82, 2.24) is 5.43 Å². The third kappa shape index (κ3) is 6.56. The smallest absolute Gasteiger partial charge is 0.362 e. The zero-order valence-corrected chi connectivity index (χ0v) is 6.61. The second kappa shape index (κ2) is 4.48. The van der Waals surface area contributed by atoms with Crippen LogP contribution in [0.2, 0.25) is 0 Å². The number of aliphatic imine (C=N–C) groups is 1. The van der Waals surface area contributed by atoms with E-state index in [9.17, 15) is 4.91 Å². The highest BCUT2D eigenvalue weighted by Gasteiger charge is 2.03. The van der Waals surface area contributed by atoms with Crippen molar-refractivity contribution < 1.29 is 10.2 Å². The van der Waals surface area contributed by atoms with Gasteiger partial charge in [-0.05, 0) is 11.3 Å². The first-order valence-electron chi connectivity index (χ1n) is 3.25. The van der Waals surface area contributed by atoms with Crippen molar-refractivity contribution in [3.8, 4) is 0 Å². The molecule has 0 amide bonds. The second-order valence-electron chi connectivity index (χ2n) is 2.50. The molecule has 0 saturated carbocycles. The van der Waals surface area contributed by atoms with Crippen LogP contribution in [0.15, 0.2) is 4.99 Å². The van der Waals surface area contributed by atoms with E-state index >= 15 is 0 Å². The van der Waals surface area contributed by atoms with Gasteiger partial charge in [-0.15, -0.1) is 0 Å². The summed E-state index contributed by atoms with van der Waals surface area (Å²) in [5.74, 6) is 0.283. The molecule has 11 heavy (non-hydrogen) atoms. The lowest BCUT2D eigenvalue weighted by atomic mass is 10.2. The first kappa shape index (κ1) is 9.67. The summed E-state index contributed by atoms with van der Waals surface area (Å²) in [7, 11) is 0. The minimum Gasteiger partial charge on any atom is -0.365 e. The average Bonchev–Trinajstić information content (AvgIpc) is 1.82. The molecule has 0 rings (SSSR count). The zero-order valence-electron chi connectivity index (χ0n) is 6.61. The fourth-order valence-electron chi connectivity index (χ4n) is 0.414. The molecule has 0 aromatic carbocycles. The van der Waals surface area contributed by atoms with Crippen molar-refractivity contribution in [1.29, 1.82) is 0 Å². The van der Waals surface area contributed by atoms with Crippen molar-refractivity contribution in [2.45, 2.75) is 13.8 Å². The predicted octanol–water partition coefficient (Wildman–Crippen LogP) is -0.370. The van der Waals surface area contributed by atoms with Gasteiger partial charge < -0.3 is 5.73 Å². The number of guanidine groups is 1. The molecular formula is C5H13N4O2+. The zero-order chi connectivity index (χ0) is 8.85. The van der Waals surface area contributed by atoms with Gasteiger partial charge in [-0.2, -0.15) is 0 Å². The van der Waals surface area contributed by atoms with Crippen LogP contribution in [-0.4, -0.2) is 22.7 Å². The van der Waals surface area contributed by atoms with Gasteiger partial charge in [0, 0.05) is 6.54 Å². The van der Waals surface area contributed by atoms with Gasteiger partial charge >= 0.3 is 5.03 Å². The maximum Gasteiger partial charge on any atom is 0.362 e. The molecule has 0 aliphatic carbocycles. The second-order valence-corrected chi connectivity index (χ2v) is 2.50. The van der Waals surface area contributed by atoms with Crippen molar-refractivity contribution in [2.24, 2.45) is 16.6 Å². The van der Waals surface area contributed by atoms with Crippen molar-refractivity contribution in [2.75, 3.05) is 6.54 Å². The van der Waals surface area contributed by atoms with Crippen LogP contribution in [0.4, 0.5) is 0 Å². The van der Waals surface area contributed by atoms with Gasteiger partial charge in [-0.3, -0.25) is 0 Å². The van der Waals surface area contributed by atoms with E-state index in [4.69, 9.17) is 10.9 Å². The molecule has 4 N–H and O–H groups in total. The summed E-state index contributed by atoms with van der Waals surface area (Å²) >= 11 is 0. The Hall–Kier alpha value is -1.33. The molecule has 0 aliphatic rings. The fourth-order valence-corrected chi connectivity index (χ4v) is 0.414. The first-order chi connectivity index (χ1) is 5.02. The van der Waals surface area contributed by atoms with E-state index in [-0.39, 0.29) is 5.96 Å². The average molecular weight is 161 g/mol. The Bertz CT molecular complexity index is 166. The van der Waals surface area contributed by atoms with Crippen molar-refractivity contribution in [3.05, 3.63) is 4.91 Å². The highest BCUT2D eigenvalue weighted by atomic mass is 16.7. The summed E-state index contributed by atoms with van der Waals surface area (Å²) in [6.45, 7) is 4.45. The van der Waals surface area contributed by atoms with Gasteiger partial charge in [-0.25, -0.2) is 10.2 Å². The molecule has 6 nitrogen and oxygen atoms in total. The third-order valence-corrected chi connectivity index (χ3v) is 0.837. The Morgan fingerprint density at radius 1 is 1.82 bits per heavy atom. The van der Waals surface area contributed by atoms with Crippen LogP contribution in [-0.2, 0) is 0 Å². The lowest BCUT2D eigenvalue weighted by molar-refractivity contribution is -0.822. The highest BCUT2D eigenvalue weighted by Crippen LogP contribution is 1.89. The Balaban J connectivity index is 3.72. The van der Waals surface area contributed by atoms with Gasteiger partial charge in [0.25, 0.3) is 5.96 Å². The summed E-state index contributed by atoms with van der Waals surface area (Å²) in [6, 6.07) is 0. The number of nitrogens with one attached hydrogen (secondary N) is 1. The number of nitrogens with zero attached hydrogens (tertiary/aromatic N) is 2. The Kier molecular flexibility index (Phi) is 3.94. The number of hydrogen-bond acceptors (Lipinski definition) is 2. The minimum atomic E-state index is -0.487. The monoisotopic (exact) mass is 161 g/mol. The van der Waals surface area contributed by atoms with E-state index in [0.29, 0.717) is 12.5 Å². The molecule has 0 bridgehead atoms. The molecule has 0 atom stereocenters. The lowest BCUT2D eigenvalue weighted by Gasteiger charge is -1.97.